The largest absolute Gasteiger partial charge is 1.00 e. The van der Waals surface area contributed by atoms with E-state index in [9.17, 15) is 8.42 Å². The van der Waals surface area contributed by atoms with Crippen LogP contribution in [-0.4, -0.2) is 13.0 Å². The Morgan fingerprint density at radius 2 is 1.33 bits per heavy atom. The van der Waals surface area contributed by atoms with E-state index in [0.717, 1.165) is 5.56 Å². The first kappa shape index (κ1) is 18.4. The van der Waals surface area contributed by atoms with Crippen LogP contribution >= 0.6 is 0 Å². The predicted octanol–water partition coefficient (Wildman–Crippen LogP) is -3.17. The van der Waals surface area contributed by atoms with Crippen LogP contribution in [0.15, 0.2) is 59.5 Å². The van der Waals surface area contributed by atoms with Crippen molar-refractivity contribution in [1.82, 2.24) is 0 Å². The maximum Gasteiger partial charge on any atom is 1.00 e. The van der Waals surface area contributed by atoms with Crippen molar-refractivity contribution in [1.29, 1.82) is 0 Å². The quantitative estimate of drug-likeness (QED) is 0.467. The van der Waals surface area contributed by atoms with Gasteiger partial charge in [0.25, 0.3) is 10.1 Å². The van der Waals surface area contributed by atoms with Crippen molar-refractivity contribution in [3.05, 3.63) is 54.6 Å². The Morgan fingerprint density at radius 1 is 0.833 bits per heavy atom. The molecule has 2 aromatic rings. The standard InChI is InChI=1S/C12H10O3S.2Na.2H/c13-16(14,15)12-9-5-4-8-11(12)10-6-2-1-3-7-10;;;;/h1-9H,(H,13,14,15);;;;/q;2*+1;2*-1. The molecule has 0 saturated carbocycles. The molecule has 0 amide bonds. The molecule has 0 spiro atoms. The molecule has 0 unspecified atom stereocenters. The Kier molecular flexibility index (Phi) is 7.97. The monoisotopic (exact) mass is 282 g/mol. The van der Waals surface area contributed by atoms with Crippen LogP contribution in [0, 0.1) is 0 Å². The summed E-state index contributed by atoms with van der Waals surface area (Å²) in [5, 5.41) is 0. The van der Waals surface area contributed by atoms with E-state index in [4.69, 9.17) is 4.55 Å². The van der Waals surface area contributed by atoms with Gasteiger partial charge in [-0.2, -0.15) is 8.42 Å². The second-order valence-electron chi connectivity index (χ2n) is 3.34. The van der Waals surface area contributed by atoms with Gasteiger partial charge in [-0.15, -0.1) is 0 Å². The molecule has 0 atom stereocenters. The van der Waals surface area contributed by atoms with Crippen molar-refractivity contribution >= 4 is 10.1 Å². The van der Waals surface area contributed by atoms with E-state index < -0.39 is 10.1 Å². The van der Waals surface area contributed by atoms with Gasteiger partial charge in [0.05, 0.1) is 0 Å². The summed E-state index contributed by atoms with van der Waals surface area (Å²) in [5.41, 5.74) is 1.27. The van der Waals surface area contributed by atoms with Gasteiger partial charge in [-0.05, 0) is 11.6 Å². The molecule has 0 aliphatic rings. The second-order valence-corrected chi connectivity index (χ2v) is 4.73. The van der Waals surface area contributed by atoms with Gasteiger partial charge in [-0.25, -0.2) is 0 Å². The van der Waals surface area contributed by atoms with Gasteiger partial charge in [0.1, 0.15) is 4.90 Å². The van der Waals surface area contributed by atoms with Crippen molar-refractivity contribution in [2.24, 2.45) is 0 Å². The van der Waals surface area contributed by atoms with Crippen LogP contribution in [0.2, 0.25) is 0 Å². The first-order valence-corrected chi connectivity index (χ1v) is 6.15. The zero-order valence-electron chi connectivity index (χ0n) is 12.4. The molecule has 0 aliphatic carbocycles. The molecule has 0 aliphatic heterocycles. The Labute approximate surface area is 154 Å². The minimum atomic E-state index is -4.18. The summed E-state index contributed by atoms with van der Waals surface area (Å²) in [5.74, 6) is 0. The fourth-order valence-corrected chi connectivity index (χ4v) is 2.26. The third kappa shape index (κ3) is 4.47. The third-order valence-electron chi connectivity index (χ3n) is 2.25. The average Bonchev–Trinajstić information content (AvgIpc) is 2.29. The molecular weight excluding hydrogens is 270 g/mol. The first-order chi connectivity index (χ1) is 7.59. The summed E-state index contributed by atoms with van der Waals surface area (Å²) in [6, 6.07) is 15.4. The van der Waals surface area contributed by atoms with Gasteiger partial charge < -0.3 is 2.85 Å². The zero-order valence-corrected chi connectivity index (χ0v) is 15.2. The normalized spacial score (nSPS) is 10.1. The number of rotatable bonds is 2. The van der Waals surface area contributed by atoms with Gasteiger partial charge in [-0.1, -0.05) is 48.5 Å². The summed E-state index contributed by atoms with van der Waals surface area (Å²) in [6.07, 6.45) is 0. The molecule has 6 heteroatoms. The van der Waals surface area contributed by atoms with Crippen molar-refractivity contribution in [3.63, 3.8) is 0 Å². The van der Waals surface area contributed by atoms with E-state index in [0.29, 0.717) is 5.56 Å². The van der Waals surface area contributed by atoms with Gasteiger partial charge in [0, 0.05) is 5.56 Å². The van der Waals surface area contributed by atoms with Crippen LogP contribution < -0.4 is 59.1 Å². The fourth-order valence-electron chi connectivity index (χ4n) is 1.55. The molecule has 0 bridgehead atoms. The topological polar surface area (TPSA) is 54.4 Å². The maximum absolute atomic E-state index is 11.2. The minimum Gasteiger partial charge on any atom is -1.00 e. The summed E-state index contributed by atoms with van der Waals surface area (Å²) in [7, 11) is -4.18. The summed E-state index contributed by atoms with van der Waals surface area (Å²) in [4.78, 5) is -0.0683. The van der Waals surface area contributed by atoms with Crippen LogP contribution in [0.25, 0.3) is 11.1 Å². The Balaban J connectivity index is -0.000000722. The van der Waals surface area contributed by atoms with E-state index in [-0.39, 0.29) is 66.9 Å². The SMILES string of the molecule is O=S(=O)(O)c1ccccc1-c1ccccc1.[H-].[H-].[Na+].[Na+]. The van der Waals surface area contributed by atoms with Crippen LogP contribution in [0.5, 0.6) is 0 Å². The van der Waals surface area contributed by atoms with Crippen LogP contribution in [-0.2, 0) is 10.1 Å². The molecule has 0 saturated heterocycles. The smallest absolute Gasteiger partial charge is 1.00 e. The summed E-state index contributed by atoms with van der Waals surface area (Å²) < 4.78 is 31.5. The van der Waals surface area contributed by atoms with E-state index >= 15 is 0 Å². The fraction of sp³-hybridized carbons (Fsp3) is 0. The molecule has 86 valence electrons. The van der Waals surface area contributed by atoms with Gasteiger partial charge in [-0.3, -0.25) is 4.55 Å². The molecule has 2 rings (SSSR count). The zero-order chi connectivity index (χ0) is 11.6. The maximum atomic E-state index is 11.2. The molecule has 0 fully saturated rings. The summed E-state index contributed by atoms with van der Waals surface area (Å²) >= 11 is 0. The van der Waals surface area contributed by atoms with Gasteiger partial charge in [0.2, 0.25) is 0 Å². The van der Waals surface area contributed by atoms with E-state index in [1.165, 1.54) is 6.07 Å². The minimum absolute atomic E-state index is 0. The van der Waals surface area contributed by atoms with E-state index in [1.54, 1.807) is 30.3 Å². The van der Waals surface area contributed by atoms with Crippen molar-refractivity contribution in [2.45, 2.75) is 4.90 Å². The molecule has 1 N–H and O–H groups in total. The van der Waals surface area contributed by atoms with Crippen molar-refractivity contribution < 1.29 is 74.9 Å². The molecule has 2 aromatic carbocycles. The molecule has 0 heterocycles. The molecular formula is C12H12Na2O3S. The second kappa shape index (κ2) is 7.82. The molecule has 3 nitrogen and oxygen atoms in total. The Morgan fingerprint density at radius 3 is 1.89 bits per heavy atom. The Hall–Kier alpha value is 0.350. The van der Waals surface area contributed by atoms with Crippen LogP contribution in [0.4, 0.5) is 0 Å². The van der Waals surface area contributed by atoms with E-state index in [1.807, 2.05) is 18.2 Å². The predicted molar refractivity (Wildman–Crippen MR) is 63.9 cm³/mol. The third-order valence-corrected chi connectivity index (χ3v) is 3.16. The van der Waals surface area contributed by atoms with Gasteiger partial charge >= 0.3 is 59.1 Å². The first-order valence-electron chi connectivity index (χ1n) is 4.71. The van der Waals surface area contributed by atoms with Crippen molar-refractivity contribution in [2.75, 3.05) is 0 Å². The van der Waals surface area contributed by atoms with Crippen LogP contribution in [0.3, 0.4) is 0 Å². The number of hydrogen-bond acceptors (Lipinski definition) is 2. The Bertz CT molecular complexity index is 607. The molecule has 18 heavy (non-hydrogen) atoms. The number of benzene rings is 2. The molecule has 0 radical (unpaired) electrons. The van der Waals surface area contributed by atoms with E-state index in [2.05, 4.69) is 0 Å². The number of hydrogen-bond donors (Lipinski definition) is 1. The van der Waals surface area contributed by atoms with Crippen molar-refractivity contribution in [3.8, 4) is 11.1 Å². The summed E-state index contributed by atoms with van der Waals surface area (Å²) in [6.45, 7) is 0. The molecule has 0 aromatic heterocycles. The van der Waals surface area contributed by atoms with Crippen LogP contribution in [0.1, 0.15) is 2.85 Å². The van der Waals surface area contributed by atoms with Gasteiger partial charge in [0.15, 0.2) is 0 Å². The average molecular weight is 282 g/mol.